The van der Waals surface area contributed by atoms with E-state index in [9.17, 15) is 4.79 Å². The number of aryl methyl sites for hydroxylation is 1. The number of fused-ring (bicyclic) bond motifs is 3. The molecule has 1 aliphatic rings. The molecule has 3 nitrogen and oxygen atoms in total. The zero-order valence-corrected chi connectivity index (χ0v) is 8.82. The quantitative estimate of drug-likeness (QED) is 0.676. The van der Waals surface area contributed by atoms with E-state index in [0.717, 1.165) is 11.1 Å². The Morgan fingerprint density at radius 2 is 2.06 bits per heavy atom. The van der Waals surface area contributed by atoms with E-state index in [4.69, 9.17) is 9.15 Å². The Morgan fingerprint density at radius 1 is 1.25 bits per heavy atom. The van der Waals surface area contributed by atoms with E-state index >= 15 is 0 Å². The Labute approximate surface area is 92.3 Å². The fourth-order valence-corrected chi connectivity index (χ4v) is 1.99. The van der Waals surface area contributed by atoms with E-state index < -0.39 is 0 Å². The Balaban J connectivity index is 2.36. The molecule has 3 rings (SSSR count). The van der Waals surface area contributed by atoms with Gasteiger partial charge in [-0.2, -0.15) is 0 Å². The molecule has 0 saturated carbocycles. The monoisotopic (exact) mass is 214 g/mol. The largest absolute Gasteiger partial charge is 0.488 e. The molecular weight excluding hydrogens is 204 g/mol. The van der Waals surface area contributed by atoms with E-state index in [1.165, 1.54) is 0 Å². The van der Waals surface area contributed by atoms with Gasteiger partial charge in [0.2, 0.25) is 0 Å². The van der Waals surface area contributed by atoms with Crippen LogP contribution in [0.2, 0.25) is 0 Å². The SMILES string of the molecule is Cc1cc2c(c(=O)o1)-c1ccccc1CO2. The predicted molar refractivity (Wildman–Crippen MR) is 59.5 cm³/mol. The summed E-state index contributed by atoms with van der Waals surface area (Å²) in [5.74, 6) is 1.19. The Kier molecular flexibility index (Phi) is 1.86. The van der Waals surface area contributed by atoms with Crippen LogP contribution in [0.15, 0.2) is 39.5 Å². The molecule has 0 radical (unpaired) electrons. The second-order valence-electron chi connectivity index (χ2n) is 3.83. The van der Waals surface area contributed by atoms with Crippen LogP contribution < -0.4 is 10.4 Å². The van der Waals surface area contributed by atoms with Gasteiger partial charge in [-0.1, -0.05) is 24.3 Å². The van der Waals surface area contributed by atoms with Crippen LogP contribution in [0.5, 0.6) is 5.75 Å². The van der Waals surface area contributed by atoms with Crippen molar-refractivity contribution in [2.24, 2.45) is 0 Å². The van der Waals surface area contributed by atoms with Crippen molar-refractivity contribution in [3.05, 3.63) is 52.1 Å². The fraction of sp³-hybridized carbons (Fsp3) is 0.154. The summed E-state index contributed by atoms with van der Waals surface area (Å²) in [6.45, 7) is 2.25. The van der Waals surface area contributed by atoms with E-state index in [-0.39, 0.29) is 5.63 Å². The molecule has 0 N–H and O–H groups in total. The highest BCUT2D eigenvalue weighted by Crippen LogP contribution is 2.34. The van der Waals surface area contributed by atoms with Crippen molar-refractivity contribution in [3.8, 4) is 16.9 Å². The first-order chi connectivity index (χ1) is 7.75. The lowest BCUT2D eigenvalue weighted by atomic mass is 9.99. The highest BCUT2D eigenvalue weighted by Gasteiger charge is 2.21. The van der Waals surface area contributed by atoms with Crippen LogP contribution >= 0.6 is 0 Å². The molecule has 1 aliphatic heterocycles. The topological polar surface area (TPSA) is 39.4 Å². The Morgan fingerprint density at radius 3 is 2.94 bits per heavy atom. The lowest BCUT2D eigenvalue weighted by Gasteiger charge is -2.19. The average molecular weight is 214 g/mol. The lowest BCUT2D eigenvalue weighted by molar-refractivity contribution is 0.296. The molecule has 0 fully saturated rings. The predicted octanol–water partition coefficient (Wildman–Crippen LogP) is 2.51. The van der Waals surface area contributed by atoms with E-state index in [1.54, 1.807) is 13.0 Å². The summed E-state index contributed by atoms with van der Waals surface area (Å²) in [5, 5.41) is 0. The van der Waals surface area contributed by atoms with Gasteiger partial charge in [-0.05, 0) is 18.1 Å². The summed E-state index contributed by atoms with van der Waals surface area (Å²) in [7, 11) is 0. The minimum Gasteiger partial charge on any atom is -0.488 e. The van der Waals surface area contributed by atoms with E-state index in [0.29, 0.717) is 23.7 Å². The summed E-state index contributed by atoms with van der Waals surface area (Å²) >= 11 is 0. The van der Waals surface area contributed by atoms with Gasteiger partial charge in [-0.25, -0.2) is 4.79 Å². The van der Waals surface area contributed by atoms with Gasteiger partial charge in [-0.3, -0.25) is 0 Å². The maximum atomic E-state index is 11.8. The molecule has 16 heavy (non-hydrogen) atoms. The molecule has 2 aromatic rings. The molecule has 3 heteroatoms. The van der Waals surface area contributed by atoms with Gasteiger partial charge >= 0.3 is 5.63 Å². The van der Waals surface area contributed by atoms with Crippen LogP contribution in [0.4, 0.5) is 0 Å². The molecule has 1 aromatic carbocycles. The van der Waals surface area contributed by atoms with E-state index in [1.807, 2.05) is 24.3 Å². The first-order valence-corrected chi connectivity index (χ1v) is 5.11. The van der Waals surface area contributed by atoms with Crippen LogP contribution in [0.3, 0.4) is 0 Å². The van der Waals surface area contributed by atoms with Crippen molar-refractivity contribution >= 4 is 0 Å². The summed E-state index contributed by atoms with van der Waals surface area (Å²) in [4.78, 5) is 11.8. The Hall–Kier alpha value is -2.03. The van der Waals surface area contributed by atoms with Gasteiger partial charge < -0.3 is 9.15 Å². The second-order valence-corrected chi connectivity index (χ2v) is 3.83. The minimum atomic E-state index is -0.331. The first kappa shape index (κ1) is 9.21. The van der Waals surface area contributed by atoms with Crippen LogP contribution in [0, 0.1) is 6.92 Å². The third-order valence-electron chi connectivity index (χ3n) is 2.71. The van der Waals surface area contributed by atoms with Crippen molar-refractivity contribution in [2.45, 2.75) is 13.5 Å². The molecule has 0 saturated heterocycles. The molecule has 0 aliphatic carbocycles. The number of hydrogen-bond acceptors (Lipinski definition) is 3. The number of hydrogen-bond donors (Lipinski definition) is 0. The molecule has 0 bridgehead atoms. The zero-order valence-electron chi connectivity index (χ0n) is 8.82. The summed E-state index contributed by atoms with van der Waals surface area (Å²) in [5.41, 5.74) is 2.14. The maximum absolute atomic E-state index is 11.8. The molecule has 0 atom stereocenters. The van der Waals surface area contributed by atoms with E-state index in [2.05, 4.69) is 0 Å². The highest BCUT2D eigenvalue weighted by atomic mass is 16.5. The van der Waals surface area contributed by atoms with Crippen LogP contribution in [0.25, 0.3) is 11.1 Å². The van der Waals surface area contributed by atoms with Crippen molar-refractivity contribution < 1.29 is 9.15 Å². The van der Waals surface area contributed by atoms with Gasteiger partial charge in [0.25, 0.3) is 0 Å². The van der Waals surface area contributed by atoms with Crippen LogP contribution in [-0.4, -0.2) is 0 Å². The van der Waals surface area contributed by atoms with Crippen molar-refractivity contribution in [1.29, 1.82) is 0 Å². The van der Waals surface area contributed by atoms with Gasteiger partial charge in [0.05, 0.1) is 0 Å². The molecule has 0 amide bonds. The number of ether oxygens (including phenoxy) is 1. The number of rotatable bonds is 0. The molecule has 0 unspecified atom stereocenters. The normalized spacial score (nSPS) is 12.6. The van der Waals surface area contributed by atoms with Gasteiger partial charge in [0, 0.05) is 6.07 Å². The van der Waals surface area contributed by atoms with Gasteiger partial charge in [-0.15, -0.1) is 0 Å². The molecule has 80 valence electrons. The van der Waals surface area contributed by atoms with Crippen molar-refractivity contribution in [3.63, 3.8) is 0 Å². The third-order valence-corrected chi connectivity index (χ3v) is 2.71. The third kappa shape index (κ3) is 1.25. The lowest BCUT2D eigenvalue weighted by Crippen LogP contribution is -2.13. The number of benzene rings is 1. The Bertz CT molecular complexity index is 611. The average Bonchev–Trinajstić information content (AvgIpc) is 2.28. The molecular formula is C13H10O3. The smallest absolute Gasteiger partial charge is 0.347 e. The van der Waals surface area contributed by atoms with Crippen LogP contribution in [0.1, 0.15) is 11.3 Å². The second kappa shape index (κ2) is 3.23. The van der Waals surface area contributed by atoms with Gasteiger partial charge in [0.1, 0.15) is 23.7 Å². The molecule has 2 heterocycles. The maximum Gasteiger partial charge on any atom is 0.347 e. The van der Waals surface area contributed by atoms with Gasteiger partial charge in [0.15, 0.2) is 0 Å². The summed E-state index contributed by atoms with van der Waals surface area (Å²) < 4.78 is 10.6. The fourth-order valence-electron chi connectivity index (χ4n) is 1.99. The van der Waals surface area contributed by atoms with Crippen molar-refractivity contribution in [1.82, 2.24) is 0 Å². The first-order valence-electron chi connectivity index (χ1n) is 5.11. The van der Waals surface area contributed by atoms with Crippen LogP contribution in [-0.2, 0) is 6.61 Å². The molecule has 1 aromatic heterocycles. The molecule has 0 spiro atoms. The standard InChI is InChI=1S/C13H10O3/c1-8-6-11-12(13(14)16-8)10-5-3-2-4-9(10)7-15-11/h2-6H,7H2,1H3. The minimum absolute atomic E-state index is 0.331. The highest BCUT2D eigenvalue weighted by molar-refractivity contribution is 5.73. The summed E-state index contributed by atoms with van der Waals surface area (Å²) in [6.07, 6.45) is 0. The van der Waals surface area contributed by atoms with Crippen molar-refractivity contribution in [2.75, 3.05) is 0 Å². The zero-order chi connectivity index (χ0) is 11.1. The summed E-state index contributed by atoms with van der Waals surface area (Å²) in [6, 6.07) is 9.48.